The fourth-order valence-electron chi connectivity index (χ4n) is 1.06. The van der Waals surface area contributed by atoms with Crippen LogP contribution in [0.2, 0.25) is 5.02 Å². The van der Waals surface area contributed by atoms with E-state index >= 15 is 0 Å². The van der Waals surface area contributed by atoms with Crippen molar-refractivity contribution >= 4 is 45.3 Å². The number of carboxylic acid groups (broad SMARTS) is 1. The van der Waals surface area contributed by atoms with Crippen LogP contribution in [0.4, 0.5) is 0 Å². The largest absolute Gasteiger partial charge is 0.475 e. The molecule has 0 saturated heterocycles. The van der Waals surface area contributed by atoms with Gasteiger partial charge in [-0.2, -0.15) is 0 Å². The van der Waals surface area contributed by atoms with Crippen molar-refractivity contribution in [3.63, 3.8) is 0 Å². The van der Waals surface area contributed by atoms with Gasteiger partial charge in [0.15, 0.2) is 5.09 Å². The van der Waals surface area contributed by atoms with Gasteiger partial charge in [0.05, 0.1) is 5.02 Å². The molecule has 0 aliphatic rings. The number of aromatic nitrogens is 1. The lowest BCUT2D eigenvalue weighted by atomic mass is 10.5. The van der Waals surface area contributed by atoms with Crippen LogP contribution in [-0.2, 0) is 0 Å². The van der Waals surface area contributed by atoms with Crippen LogP contribution in [0, 0.1) is 0 Å². The zero-order valence-corrected chi connectivity index (χ0v) is 11.3. The number of hydrogen-bond acceptors (Lipinski definition) is 4. The zero-order valence-electron chi connectivity index (χ0n) is 8.18. The monoisotopic (exact) mass is 333 g/mol. The van der Waals surface area contributed by atoms with Gasteiger partial charge in [-0.1, -0.05) is 11.6 Å². The van der Waals surface area contributed by atoms with E-state index in [1.165, 1.54) is 17.8 Å². The van der Waals surface area contributed by atoms with Gasteiger partial charge in [-0.25, -0.2) is 9.78 Å². The fraction of sp³-hybridized carbons (Fsp3) is 0. The van der Waals surface area contributed by atoms with Crippen LogP contribution >= 0.6 is 39.3 Å². The molecule has 2 aromatic heterocycles. The predicted octanol–water partition coefficient (Wildman–Crippen LogP) is 3.94. The summed E-state index contributed by atoms with van der Waals surface area (Å²) in [6.07, 6.45) is 1.61. The highest BCUT2D eigenvalue weighted by molar-refractivity contribution is 9.10. The maximum atomic E-state index is 10.6. The third-order valence-electron chi connectivity index (χ3n) is 1.76. The summed E-state index contributed by atoms with van der Waals surface area (Å²) in [5, 5.41) is 10.2. The maximum absolute atomic E-state index is 10.6. The van der Waals surface area contributed by atoms with Gasteiger partial charge < -0.3 is 9.52 Å². The Labute approximate surface area is 114 Å². The van der Waals surface area contributed by atoms with E-state index in [4.69, 9.17) is 21.1 Å². The number of rotatable bonds is 3. The number of halogens is 2. The van der Waals surface area contributed by atoms with Crippen molar-refractivity contribution < 1.29 is 14.3 Å². The van der Waals surface area contributed by atoms with Gasteiger partial charge in [0.2, 0.25) is 5.76 Å². The molecule has 0 atom stereocenters. The highest BCUT2D eigenvalue weighted by atomic mass is 79.9. The van der Waals surface area contributed by atoms with Gasteiger partial charge in [0.25, 0.3) is 0 Å². The lowest BCUT2D eigenvalue weighted by Crippen LogP contribution is -1.91. The maximum Gasteiger partial charge on any atom is 0.371 e. The molecule has 0 spiro atoms. The van der Waals surface area contributed by atoms with Crippen LogP contribution in [-0.4, -0.2) is 16.1 Å². The summed E-state index contributed by atoms with van der Waals surface area (Å²) in [6.45, 7) is 0. The number of carboxylic acids is 1. The van der Waals surface area contributed by atoms with Crippen molar-refractivity contribution in [1.82, 2.24) is 4.98 Å². The number of aromatic carboxylic acids is 1. The first-order valence-electron chi connectivity index (χ1n) is 4.38. The highest BCUT2D eigenvalue weighted by Gasteiger charge is 2.12. The number of nitrogens with zero attached hydrogens (tertiary/aromatic N) is 1. The summed E-state index contributed by atoms with van der Waals surface area (Å²) in [7, 11) is 0. The summed E-state index contributed by atoms with van der Waals surface area (Å²) in [4.78, 5) is 14.7. The SMILES string of the molecule is O=C(O)c1ccc(Sc2ncc(Br)cc2Cl)o1. The van der Waals surface area contributed by atoms with E-state index in [2.05, 4.69) is 20.9 Å². The Morgan fingerprint density at radius 2 is 2.29 bits per heavy atom. The van der Waals surface area contributed by atoms with Crippen LogP contribution in [0.5, 0.6) is 0 Å². The van der Waals surface area contributed by atoms with Crippen molar-refractivity contribution in [2.75, 3.05) is 0 Å². The molecule has 0 amide bonds. The topological polar surface area (TPSA) is 63.3 Å². The van der Waals surface area contributed by atoms with Crippen molar-refractivity contribution in [2.45, 2.75) is 10.1 Å². The molecular formula is C10H5BrClNO3S. The Kier molecular flexibility index (Phi) is 3.76. The molecule has 4 nitrogen and oxygen atoms in total. The number of hydrogen-bond donors (Lipinski definition) is 1. The molecule has 0 aliphatic carbocycles. The molecular weight excluding hydrogens is 330 g/mol. The normalized spacial score (nSPS) is 10.5. The summed E-state index contributed by atoms with van der Waals surface area (Å²) in [6, 6.07) is 4.66. The lowest BCUT2D eigenvalue weighted by molar-refractivity contribution is 0.0656. The van der Waals surface area contributed by atoms with E-state index in [1.54, 1.807) is 18.3 Å². The lowest BCUT2D eigenvalue weighted by Gasteiger charge is -2.00. The van der Waals surface area contributed by atoms with Crippen LogP contribution < -0.4 is 0 Å². The van der Waals surface area contributed by atoms with Crippen LogP contribution in [0.25, 0.3) is 0 Å². The zero-order chi connectivity index (χ0) is 12.4. The molecule has 0 aliphatic heterocycles. The molecule has 0 radical (unpaired) electrons. The Morgan fingerprint density at radius 1 is 1.53 bits per heavy atom. The minimum Gasteiger partial charge on any atom is -0.475 e. The Morgan fingerprint density at radius 3 is 2.88 bits per heavy atom. The fourth-order valence-corrected chi connectivity index (χ4v) is 2.53. The highest BCUT2D eigenvalue weighted by Crippen LogP contribution is 2.33. The number of carbonyl (C=O) groups is 1. The average Bonchev–Trinajstić information content (AvgIpc) is 2.71. The third kappa shape index (κ3) is 3.02. The summed E-state index contributed by atoms with van der Waals surface area (Å²) >= 11 is 10.4. The summed E-state index contributed by atoms with van der Waals surface area (Å²) in [5.74, 6) is -1.22. The first kappa shape index (κ1) is 12.5. The molecule has 88 valence electrons. The van der Waals surface area contributed by atoms with E-state index in [-0.39, 0.29) is 5.76 Å². The van der Waals surface area contributed by atoms with Gasteiger partial charge in [0, 0.05) is 10.7 Å². The van der Waals surface area contributed by atoms with E-state index < -0.39 is 5.97 Å². The van der Waals surface area contributed by atoms with E-state index in [1.807, 2.05) is 0 Å². The van der Waals surface area contributed by atoms with Crippen LogP contribution in [0.15, 0.2) is 43.4 Å². The standard InChI is InChI=1S/C10H5BrClNO3S/c11-5-3-6(12)9(13-4-5)17-8-2-1-7(16-8)10(14)15/h1-4H,(H,14,15). The third-order valence-corrected chi connectivity index (χ3v) is 3.54. The minimum absolute atomic E-state index is 0.110. The summed E-state index contributed by atoms with van der Waals surface area (Å²) in [5.41, 5.74) is 0. The van der Waals surface area contributed by atoms with Crippen molar-refractivity contribution in [3.05, 3.63) is 39.7 Å². The van der Waals surface area contributed by atoms with Gasteiger partial charge >= 0.3 is 5.97 Å². The molecule has 0 bridgehead atoms. The van der Waals surface area contributed by atoms with Crippen LogP contribution in [0.1, 0.15) is 10.6 Å². The van der Waals surface area contributed by atoms with Crippen LogP contribution in [0.3, 0.4) is 0 Å². The molecule has 0 fully saturated rings. The van der Waals surface area contributed by atoms with Gasteiger partial charge in [0.1, 0.15) is 5.03 Å². The van der Waals surface area contributed by atoms with Crippen molar-refractivity contribution in [3.8, 4) is 0 Å². The molecule has 1 N–H and O–H groups in total. The minimum atomic E-state index is -1.10. The van der Waals surface area contributed by atoms with E-state index in [0.29, 0.717) is 15.1 Å². The number of furan rings is 1. The number of pyridine rings is 1. The molecule has 17 heavy (non-hydrogen) atoms. The van der Waals surface area contributed by atoms with E-state index in [9.17, 15) is 4.79 Å². The molecule has 2 rings (SSSR count). The summed E-state index contributed by atoms with van der Waals surface area (Å²) < 4.78 is 5.86. The quantitative estimate of drug-likeness (QED) is 0.921. The molecule has 7 heteroatoms. The van der Waals surface area contributed by atoms with Gasteiger partial charge in [-0.15, -0.1) is 0 Å². The van der Waals surface area contributed by atoms with Crippen molar-refractivity contribution in [2.24, 2.45) is 0 Å². The first-order valence-corrected chi connectivity index (χ1v) is 6.37. The average molecular weight is 335 g/mol. The smallest absolute Gasteiger partial charge is 0.371 e. The Balaban J connectivity index is 2.22. The molecule has 0 unspecified atom stereocenters. The van der Waals surface area contributed by atoms with Gasteiger partial charge in [-0.3, -0.25) is 0 Å². The second-order valence-corrected chi connectivity index (χ2v) is 5.28. The van der Waals surface area contributed by atoms with Crippen molar-refractivity contribution in [1.29, 1.82) is 0 Å². The molecule has 2 heterocycles. The Bertz CT molecular complexity index is 572. The van der Waals surface area contributed by atoms with Gasteiger partial charge in [-0.05, 0) is 45.9 Å². The second-order valence-electron chi connectivity index (χ2n) is 2.97. The molecule has 2 aromatic rings. The first-order chi connectivity index (χ1) is 8.06. The Hall–Kier alpha value is -0.980. The molecule has 0 aromatic carbocycles. The molecule has 0 saturated carbocycles. The predicted molar refractivity (Wildman–Crippen MR) is 66.7 cm³/mol. The second kappa shape index (κ2) is 5.12. The van der Waals surface area contributed by atoms with E-state index in [0.717, 1.165) is 4.47 Å².